The van der Waals surface area contributed by atoms with Gasteiger partial charge < -0.3 is 15.2 Å². The lowest BCUT2D eigenvalue weighted by Crippen LogP contribution is -2.37. The molecule has 0 heterocycles. The first-order valence-corrected chi connectivity index (χ1v) is 6.70. The van der Waals surface area contributed by atoms with Gasteiger partial charge in [0.05, 0.1) is 6.04 Å². The largest absolute Gasteiger partial charge is 0.508 e. The van der Waals surface area contributed by atoms with Crippen molar-refractivity contribution in [3.8, 4) is 5.75 Å². The monoisotopic (exact) mass is 283 g/mol. The molecule has 1 amide bonds. The molecule has 0 spiro atoms. The molecule has 0 aliphatic heterocycles. The van der Waals surface area contributed by atoms with Crippen LogP contribution in [0.5, 0.6) is 5.75 Å². The zero-order valence-electron chi connectivity index (χ0n) is 11.7. The first-order valence-electron chi connectivity index (χ1n) is 6.70. The summed E-state index contributed by atoms with van der Waals surface area (Å²) >= 11 is 0. The van der Waals surface area contributed by atoms with Crippen LogP contribution >= 0.6 is 0 Å². The fourth-order valence-corrected chi connectivity index (χ4v) is 2.09. The van der Waals surface area contributed by atoms with Gasteiger partial charge in [0, 0.05) is 5.56 Å². The Balaban J connectivity index is 2.05. The van der Waals surface area contributed by atoms with E-state index in [1.54, 1.807) is 36.4 Å². The van der Waals surface area contributed by atoms with Crippen LogP contribution in [0.25, 0.3) is 0 Å². The van der Waals surface area contributed by atoms with Gasteiger partial charge in [0.15, 0.2) is 0 Å². The Bertz CT molecular complexity index is 635. The van der Waals surface area contributed by atoms with Crippen molar-refractivity contribution in [2.75, 3.05) is 0 Å². The molecule has 1 atom stereocenters. The molecule has 0 aromatic heterocycles. The summed E-state index contributed by atoms with van der Waals surface area (Å²) in [5.41, 5.74) is 2.30. The summed E-state index contributed by atoms with van der Waals surface area (Å²) in [6.07, 6.45) is 1.12. The number of hydrogen-bond donors (Lipinski definition) is 2. The molecule has 0 fully saturated rings. The zero-order chi connectivity index (χ0) is 15.2. The number of nitrogens with one attached hydrogen (secondary N) is 1. The van der Waals surface area contributed by atoms with Crippen molar-refractivity contribution >= 4 is 12.2 Å². The van der Waals surface area contributed by atoms with E-state index in [-0.39, 0.29) is 11.7 Å². The summed E-state index contributed by atoms with van der Waals surface area (Å²) < 4.78 is 0. The fraction of sp³-hybridized carbons (Fsp3) is 0.176. The number of amides is 1. The summed E-state index contributed by atoms with van der Waals surface area (Å²) in [6, 6.07) is 13.2. The number of phenols is 1. The highest BCUT2D eigenvalue weighted by Crippen LogP contribution is 2.12. The summed E-state index contributed by atoms with van der Waals surface area (Å²) in [5, 5.41) is 12.0. The van der Waals surface area contributed by atoms with Gasteiger partial charge in [-0.2, -0.15) is 0 Å². The second-order valence-electron chi connectivity index (χ2n) is 4.90. The number of aromatic hydroxyl groups is 1. The Hall–Kier alpha value is -2.62. The molecular formula is C17H17NO3. The van der Waals surface area contributed by atoms with Gasteiger partial charge >= 0.3 is 0 Å². The fourth-order valence-electron chi connectivity index (χ4n) is 2.09. The third-order valence-corrected chi connectivity index (χ3v) is 3.26. The minimum Gasteiger partial charge on any atom is -0.508 e. The zero-order valence-corrected chi connectivity index (χ0v) is 11.7. The molecule has 4 heteroatoms. The molecule has 0 aliphatic carbocycles. The smallest absolute Gasteiger partial charge is 0.252 e. The van der Waals surface area contributed by atoms with Crippen LogP contribution < -0.4 is 5.32 Å². The number of hydrogen-bond acceptors (Lipinski definition) is 3. The molecule has 2 aromatic rings. The number of aldehydes is 1. The molecular weight excluding hydrogens is 266 g/mol. The first kappa shape index (κ1) is 14.8. The van der Waals surface area contributed by atoms with Crippen LogP contribution in [0, 0.1) is 6.92 Å². The van der Waals surface area contributed by atoms with Crippen molar-refractivity contribution in [1.29, 1.82) is 0 Å². The third kappa shape index (κ3) is 3.92. The quantitative estimate of drug-likeness (QED) is 0.827. The van der Waals surface area contributed by atoms with Crippen LogP contribution in [0.3, 0.4) is 0 Å². The maximum absolute atomic E-state index is 12.2. The van der Waals surface area contributed by atoms with Crippen molar-refractivity contribution in [3.05, 3.63) is 65.2 Å². The number of rotatable bonds is 5. The molecule has 2 aromatic carbocycles. The van der Waals surface area contributed by atoms with Crippen molar-refractivity contribution in [1.82, 2.24) is 5.32 Å². The second kappa shape index (κ2) is 6.70. The van der Waals surface area contributed by atoms with Gasteiger partial charge in [0.1, 0.15) is 12.0 Å². The van der Waals surface area contributed by atoms with Gasteiger partial charge in [-0.1, -0.05) is 30.3 Å². The Morgan fingerprint density at radius 1 is 1.19 bits per heavy atom. The van der Waals surface area contributed by atoms with Crippen LogP contribution in [0.15, 0.2) is 48.5 Å². The summed E-state index contributed by atoms with van der Waals surface area (Å²) in [7, 11) is 0. The maximum atomic E-state index is 12.2. The van der Waals surface area contributed by atoms with E-state index < -0.39 is 6.04 Å². The Kier molecular flexibility index (Phi) is 4.72. The molecule has 2 rings (SSSR count). The summed E-state index contributed by atoms with van der Waals surface area (Å²) in [5.74, 6) is -0.0886. The molecule has 0 bridgehead atoms. The molecule has 0 radical (unpaired) electrons. The minimum atomic E-state index is -0.596. The molecule has 2 N–H and O–H groups in total. The van der Waals surface area contributed by atoms with E-state index in [1.165, 1.54) is 0 Å². The van der Waals surface area contributed by atoms with Gasteiger partial charge in [-0.05, 0) is 42.7 Å². The average molecular weight is 283 g/mol. The summed E-state index contributed by atoms with van der Waals surface area (Å²) in [4.78, 5) is 23.3. The lowest BCUT2D eigenvalue weighted by Gasteiger charge is -2.14. The van der Waals surface area contributed by atoms with E-state index in [9.17, 15) is 14.7 Å². The molecule has 1 unspecified atom stereocenters. The third-order valence-electron chi connectivity index (χ3n) is 3.26. The molecule has 0 aliphatic rings. The Morgan fingerprint density at radius 3 is 2.48 bits per heavy atom. The van der Waals surface area contributed by atoms with Crippen LogP contribution in [0.1, 0.15) is 21.5 Å². The number of phenolic OH excluding ortho intramolecular Hbond substituents is 1. The SMILES string of the molecule is Cc1ccccc1C(=O)NC(C=O)Cc1ccc(O)cc1. The molecule has 0 saturated carbocycles. The normalized spacial score (nSPS) is 11.7. The maximum Gasteiger partial charge on any atom is 0.252 e. The molecule has 0 saturated heterocycles. The predicted octanol–water partition coefficient (Wildman–Crippen LogP) is 2.24. The van der Waals surface area contributed by atoms with Crippen molar-refractivity contribution in [2.45, 2.75) is 19.4 Å². The molecule has 108 valence electrons. The second-order valence-corrected chi connectivity index (χ2v) is 4.90. The highest BCUT2D eigenvalue weighted by molar-refractivity contribution is 5.96. The van der Waals surface area contributed by atoms with Gasteiger partial charge in [-0.15, -0.1) is 0 Å². The standard InChI is InChI=1S/C17H17NO3/c1-12-4-2-3-5-16(12)17(21)18-14(11-19)10-13-6-8-15(20)9-7-13/h2-9,11,14,20H,10H2,1H3,(H,18,21). The topological polar surface area (TPSA) is 66.4 Å². The predicted molar refractivity (Wildman–Crippen MR) is 80.3 cm³/mol. The lowest BCUT2D eigenvalue weighted by molar-refractivity contribution is -0.109. The summed E-state index contributed by atoms with van der Waals surface area (Å²) in [6.45, 7) is 1.85. The molecule has 21 heavy (non-hydrogen) atoms. The number of aryl methyl sites for hydroxylation is 1. The van der Waals surface area contributed by atoms with E-state index in [2.05, 4.69) is 5.32 Å². The van der Waals surface area contributed by atoms with Crippen LogP contribution in [0.2, 0.25) is 0 Å². The van der Waals surface area contributed by atoms with E-state index in [4.69, 9.17) is 0 Å². The van der Waals surface area contributed by atoms with Gasteiger partial charge in [0.25, 0.3) is 5.91 Å². The lowest BCUT2D eigenvalue weighted by atomic mass is 10.0. The van der Waals surface area contributed by atoms with Gasteiger partial charge in [-0.3, -0.25) is 4.79 Å². The number of carbonyl (C=O) groups excluding carboxylic acids is 2. The number of benzene rings is 2. The van der Waals surface area contributed by atoms with Crippen LogP contribution in [0.4, 0.5) is 0 Å². The van der Waals surface area contributed by atoms with Crippen molar-refractivity contribution in [3.63, 3.8) is 0 Å². The Morgan fingerprint density at radius 2 is 1.86 bits per heavy atom. The van der Waals surface area contributed by atoms with E-state index in [0.29, 0.717) is 12.0 Å². The van der Waals surface area contributed by atoms with Crippen molar-refractivity contribution < 1.29 is 14.7 Å². The van der Waals surface area contributed by atoms with Crippen LogP contribution in [-0.4, -0.2) is 23.3 Å². The first-order chi connectivity index (χ1) is 10.1. The molecule has 4 nitrogen and oxygen atoms in total. The number of carbonyl (C=O) groups is 2. The van der Waals surface area contributed by atoms with Gasteiger partial charge in [0.2, 0.25) is 0 Å². The van der Waals surface area contributed by atoms with E-state index >= 15 is 0 Å². The van der Waals surface area contributed by atoms with E-state index in [1.807, 2.05) is 19.1 Å². The van der Waals surface area contributed by atoms with Crippen LogP contribution in [-0.2, 0) is 11.2 Å². The minimum absolute atomic E-state index is 0.172. The highest BCUT2D eigenvalue weighted by atomic mass is 16.3. The average Bonchev–Trinajstić information content (AvgIpc) is 2.49. The van der Waals surface area contributed by atoms with Crippen molar-refractivity contribution in [2.24, 2.45) is 0 Å². The highest BCUT2D eigenvalue weighted by Gasteiger charge is 2.14. The van der Waals surface area contributed by atoms with Gasteiger partial charge in [-0.25, -0.2) is 0 Å². The Labute approximate surface area is 123 Å². The van der Waals surface area contributed by atoms with E-state index in [0.717, 1.165) is 17.4 Å².